The quantitative estimate of drug-likeness (QED) is 0.848. The van der Waals surface area contributed by atoms with E-state index in [2.05, 4.69) is 22.3 Å². The van der Waals surface area contributed by atoms with E-state index in [1.165, 1.54) is 0 Å². The maximum atomic E-state index is 5.50. The monoisotopic (exact) mass is 246 g/mol. The van der Waals surface area contributed by atoms with Gasteiger partial charge in [0.1, 0.15) is 5.82 Å². The van der Waals surface area contributed by atoms with Gasteiger partial charge in [0.2, 0.25) is 0 Å². The summed E-state index contributed by atoms with van der Waals surface area (Å²) in [6.45, 7) is 3.51. The Morgan fingerprint density at radius 3 is 2.89 bits per heavy atom. The van der Waals surface area contributed by atoms with Gasteiger partial charge in [-0.3, -0.25) is 4.68 Å². The Labute approximate surface area is 107 Å². The molecule has 0 unspecified atom stereocenters. The van der Waals surface area contributed by atoms with Gasteiger partial charge in [0, 0.05) is 13.2 Å². The van der Waals surface area contributed by atoms with Crippen LogP contribution in [0.5, 0.6) is 5.75 Å². The first-order valence-electron chi connectivity index (χ1n) is 6.09. The first kappa shape index (κ1) is 12.4. The molecule has 96 valence electrons. The number of anilines is 1. The third kappa shape index (κ3) is 3.23. The minimum absolute atomic E-state index is 0.701. The van der Waals surface area contributed by atoms with Crippen LogP contribution in [0.15, 0.2) is 30.7 Å². The van der Waals surface area contributed by atoms with E-state index in [1.54, 1.807) is 6.20 Å². The van der Waals surface area contributed by atoms with Crippen molar-refractivity contribution < 1.29 is 4.74 Å². The number of ether oxygens (including phenoxy) is 1. The number of nitrogens with one attached hydrogen (secondary N) is 1. The van der Waals surface area contributed by atoms with Crippen molar-refractivity contribution in [2.24, 2.45) is 0 Å². The van der Waals surface area contributed by atoms with Crippen LogP contribution in [0.1, 0.15) is 18.9 Å². The second-order valence-corrected chi connectivity index (χ2v) is 4.02. The average Bonchev–Trinajstić information content (AvgIpc) is 2.85. The molecule has 0 atom stereocenters. The molecule has 0 fully saturated rings. The lowest BCUT2D eigenvalue weighted by molar-refractivity contribution is 0.317. The zero-order valence-corrected chi connectivity index (χ0v) is 10.8. The summed E-state index contributed by atoms with van der Waals surface area (Å²) in [6, 6.07) is 3.99. The highest BCUT2D eigenvalue weighted by molar-refractivity contribution is 5.34. The molecule has 0 radical (unpaired) electrons. The topological polar surface area (TPSA) is 52.0 Å². The number of aromatic nitrogens is 3. The van der Waals surface area contributed by atoms with Crippen LogP contribution >= 0.6 is 0 Å². The van der Waals surface area contributed by atoms with Crippen molar-refractivity contribution in [3.63, 3.8) is 0 Å². The highest BCUT2D eigenvalue weighted by atomic mass is 16.5. The van der Waals surface area contributed by atoms with Gasteiger partial charge in [-0.1, -0.05) is 13.0 Å². The molecule has 0 saturated heterocycles. The fourth-order valence-electron chi connectivity index (χ4n) is 1.58. The minimum atomic E-state index is 0.701. The molecular weight excluding hydrogens is 228 g/mol. The molecule has 2 aromatic heterocycles. The molecule has 5 nitrogen and oxygen atoms in total. The van der Waals surface area contributed by atoms with Gasteiger partial charge in [-0.05, 0) is 18.1 Å². The van der Waals surface area contributed by atoms with E-state index in [1.807, 2.05) is 36.3 Å². The van der Waals surface area contributed by atoms with Crippen LogP contribution in [0.25, 0.3) is 0 Å². The van der Waals surface area contributed by atoms with Crippen LogP contribution in [0, 0.1) is 0 Å². The van der Waals surface area contributed by atoms with Gasteiger partial charge in [0.15, 0.2) is 5.75 Å². The lowest BCUT2D eigenvalue weighted by Crippen LogP contribution is -2.01. The molecular formula is C13H18N4O. The van der Waals surface area contributed by atoms with Crippen molar-refractivity contribution in [3.05, 3.63) is 36.3 Å². The van der Waals surface area contributed by atoms with Crippen molar-refractivity contribution >= 4 is 5.82 Å². The van der Waals surface area contributed by atoms with Crippen molar-refractivity contribution in [1.82, 2.24) is 14.8 Å². The standard InChI is InChI=1S/C13H18N4O/c1-3-6-18-12-8-16-17(10-12)9-11-4-5-13(14-2)15-7-11/h4-5,7-8,10H,3,6,9H2,1-2H3,(H,14,15). The van der Waals surface area contributed by atoms with Gasteiger partial charge in [0.05, 0.1) is 25.5 Å². The van der Waals surface area contributed by atoms with Crippen LogP contribution in [-0.2, 0) is 6.54 Å². The predicted molar refractivity (Wildman–Crippen MR) is 70.9 cm³/mol. The van der Waals surface area contributed by atoms with Crippen molar-refractivity contribution in [3.8, 4) is 5.75 Å². The van der Waals surface area contributed by atoms with E-state index in [0.717, 1.165) is 30.2 Å². The highest BCUT2D eigenvalue weighted by Gasteiger charge is 2.01. The molecule has 0 aliphatic rings. The molecule has 18 heavy (non-hydrogen) atoms. The van der Waals surface area contributed by atoms with Crippen LogP contribution in [0.2, 0.25) is 0 Å². The first-order chi connectivity index (χ1) is 8.81. The molecule has 0 bridgehead atoms. The molecule has 2 rings (SSSR count). The Bertz CT molecular complexity index is 478. The maximum Gasteiger partial charge on any atom is 0.157 e. The largest absolute Gasteiger partial charge is 0.490 e. The van der Waals surface area contributed by atoms with Gasteiger partial charge >= 0.3 is 0 Å². The van der Waals surface area contributed by atoms with E-state index >= 15 is 0 Å². The van der Waals surface area contributed by atoms with E-state index in [9.17, 15) is 0 Å². The molecule has 0 aromatic carbocycles. The lowest BCUT2D eigenvalue weighted by atomic mass is 10.3. The molecule has 0 amide bonds. The van der Waals surface area contributed by atoms with Gasteiger partial charge in [-0.15, -0.1) is 0 Å². The molecule has 0 aliphatic carbocycles. The zero-order valence-electron chi connectivity index (χ0n) is 10.8. The number of hydrogen-bond donors (Lipinski definition) is 1. The number of nitrogens with zero attached hydrogens (tertiary/aromatic N) is 3. The Kier molecular flexibility index (Phi) is 4.17. The number of rotatable bonds is 6. The Morgan fingerprint density at radius 2 is 2.22 bits per heavy atom. The summed E-state index contributed by atoms with van der Waals surface area (Å²) in [7, 11) is 1.85. The fraction of sp³-hybridized carbons (Fsp3) is 0.385. The van der Waals surface area contributed by atoms with E-state index in [-0.39, 0.29) is 0 Å². The molecule has 0 aliphatic heterocycles. The molecule has 0 saturated carbocycles. The van der Waals surface area contributed by atoms with Gasteiger partial charge in [-0.2, -0.15) is 5.10 Å². The lowest BCUT2D eigenvalue weighted by Gasteiger charge is -2.03. The first-order valence-corrected chi connectivity index (χ1v) is 6.09. The summed E-state index contributed by atoms with van der Waals surface area (Å²) < 4.78 is 7.35. The van der Waals surface area contributed by atoms with Gasteiger partial charge in [-0.25, -0.2) is 4.98 Å². The molecule has 0 spiro atoms. The number of pyridine rings is 1. The Hall–Kier alpha value is -2.04. The maximum absolute atomic E-state index is 5.50. The summed E-state index contributed by atoms with van der Waals surface area (Å²) >= 11 is 0. The van der Waals surface area contributed by atoms with Crippen LogP contribution < -0.4 is 10.1 Å². The Balaban J connectivity index is 1.97. The average molecular weight is 246 g/mol. The summed E-state index contributed by atoms with van der Waals surface area (Å²) in [5.41, 5.74) is 1.11. The molecule has 2 heterocycles. The third-order valence-corrected chi connectivity index (χ3v) is 2.51. The van der Waals surface area contributed by atoms with E-state index in [0.29, 0.717) is 6.54 Å². The van der Waals surface area contributed by atoms with E-state index < -0.39 is 0 Å². The summed E-state index contributed by atoms with van der Waals surface area (Å²) in [5, 5.41) is 7.25. The summed E-state index contributed by atoms with van der Waals surface area (Å²) in [5.74, 6) is 1.68. The van der Waals surface area contributed by atoms with E-state index in [4.69, 9.17) is 4.74 Å². The Morgan fingerprint density at radius 1 is 1.33 bits per heavy atom. The van der Waals surface area contributed by atoms with Gasteiger partial charge < -0.3 is 10.1 Å². The van der Waals surface area contributed by atoms with Crippen molar-refractivity contribution in [2.75, 3.05) is 19.0 Å². The molecule has 2 aromatic rings. The molecule has 5 heteroatoms. The minimum Gasteiger partial charge on any atom is -0.490 e. The second kappa shape index (κ2) is 6.05. The highest BCUT2D eigenvalue weighted by Crippen LogP contribution is 2.11. The zero-order chi connectivity index (χ0) is 12.8. The van der Waals surface area contributed by atoms with Crippen LogP contribution in [-0.4, -0.2) is 28.4 Å². The molecule has 1 N–H and O–H groups in total. The fourth-order valence-corrected chi connectivity index (χ4v) is 1.58. The predicted octanol–water partition coefficient (Wildman–Crippen LogP) is 2.16. The third-order valence-electron chi connectivity index (χ3n) is 2.51. The SMILES string of the molecule is CCCOc1cnn(Cc2ccc(NC)nc2)c1. The van der Waals surface area contributed by atoms with Crippen molar-refractivity contribution in [1.29, 1.82) is 0 Å². The second-order valence-electron chi connectivity index (χ2n) is 4.02. The summed E-state index contributed by atoms with van der Waals surface area (Å²) in [6.07, 6.45) is 6.49. The van der Waals surface area contributed by atoms with Crippen LogP contribution in [0.3, 0.4) is 0 Å². The van der Waals surface area contributed by atoms with Crippen LogP contribution in [0.4, 0.5) is 5.82 Å². The smallest absolute Gasteiger partial charge is 0.157 e. The summed E-state index contributed by atoms with van der Waals surface area (Å²) in [4.78, 5) is 4.27. The number of hydrogen-bond acceptors (Lipinski definition) is 4. The van der Waals surface area contributed by atoms with Gasteiger partial charge in [0.25, 0.3) is 0 Å². The normalized spacial score (nSPS) is 10.3. The van der Waals surface area contributed by atoms with Crippen molar-refractivity contribution in [2.45, 2.75) is 19.9 Å².